The molecule has 0 aliphatic rings. The van der Waals surface area contributed by atoms with Crippen molar-refractivity contribution in [2.75, 3.05) is 0 Å². The van der Waals surface area contributed by atoms with Crippen molar-refractivity contribution >= 4 is 38.4 Å². The number of hydrogen-bond donors (Lipinski definition) is 0. The molecule has 0 aliphatic carbocycles. The Balaban J connectivity index is 3.18. The van der Waals surface area contributed by atoms with E-state index in [1.807, 2.05) is 0 Å². The van der Waals surface area contributed by atoms with Crippen molar-refractivity contribution in [3.8, 4) is 0 Å². The second-order valence-corrected chi connectivity index (χ2v) is 0.989. The van der Waals surface area contributed by atoms with Crippen LogP contribution in [0.1, 0.15) is 0 Å². The lowest BCUT2D eigenvalue weighted by Crippen LogP contribution is -1.47. The maximum absolute atomic E-state index is 3.98. The van der Waals surface area contributed by atoms with Crippen molar-refractivity contribution in [3.05, 3.63) is 0 Å². The highest BCUT2D eigenvalue weighted by Crippen LogP contribution is 1.81. The van der Waals surface area contributed by atoms with E-state index in [4.69, 9.17) is 0 Å². The Bertz CT molecular complexity index is 75.6. The van der Waals surface area contributed by atoms with Gasteiger partial charge in [0.1, 0.15) is 6.01 Å². The summed E-state index contributed by atoms with van der Waals surface area (Å²) < 4.78 is 7.15. The van der Waals surface area contributed by atoms with Crippen LogP contribution in [-0.2, 0) is 3.93 Å². The van der Waals surface area contributed by atoms with Crippen molar-refractivity contribution in [1.82, 2.24) is 0 Å². The Morgan fingerprint density at radius 3 is 2.50 bits per heavy atom. The molecule has 0 aliphatic heterocycles. The average molecular weight is 216 g/mol. The SMILES string of the molecule is BrN=C=NOBr. The number of nitrogens with zero attached hydrogens (tertiary/aromatic N) is 2. The van der Waals surface area contributed by atoms with Gasteiger partial charge in [-0.3, -0.25) is 0 Å². The van der Waals surface area contributed by atoms with Crippen LogP contribution in [0.5, 0.6) is 0 Å². The fourth-order valence-corrected chi connectivity index (χ4v) is 0.160. The molecular weight excluding hydrogens is 216 g/mol. The van der Waals surface area contributed by atoms with E-state index in [-0.39, 0.29) is 0 Å². The van der Waals surface area contributed by atoms with E-state index < -0.39 is 0 Å². The topological polar surface area (TPSA) is 34.0 Å². The third kappa shape index (κ3) is 4.14. The number of hydrogen-bond acceptors (Lipinski definition) is 3. The first-order valence-electron chi connectivity index (χ1n) is 0.953. The predicted octanol–water partition coefficient (Wildman–Crippen LogP) is 1.71. The summed E-state index contributed by atoms with van der Waals surface area (Å²) in [5.41, 5.74) is 0. The zero-order valence-electron chi connectivity index (χ0n) is 2.56. The molecule has 0 aromatic carbocycles. The summed E-state index contributed by atoms with van der Waals surface area (Å²) in [6, 6.07) is 2.10. The van der Waals surface area contributed by atoms with E-state index in [1.54, 1.807) is 0 Å². The zero-order valence-corrected chi connectivity index (χ0v) is 5.73. The molecule has 6 heavy (non-hydrogen) atoms. The standard InChI is InChI=1S/CBr2N2O/c2-4-1-5-6-3. The highest BCUT2D eigenvalue weighted by Gasteiger charge is 1.52. The van der Waals surface area contributed by atoms with Crippen molar-refractivity contribution < 1.29 is 3.93 Å². The van der Waals surface area contributed by atoms with Gasteiger partial charge in [-0.05, 0) is 5.16 Å². The van der Waals surface area contributed by atoms with E-state index in [2.05, 4.69) is 51.5 Å². The lowest BCUT2D eigenvalue weighted by atomic mass is 11.6. The first-order chi connectivity index (χ1) is 2.91. The molecule has 0 aromatic rings. The molecule has 0 rings (SSSR count). The fourth-order valence-electron chi connectivity index (χ4n) is 0.0309. The second-order valence-electron chi connectivity index (χ2n) is 0.345. The molecule has 0 N–H and O–H groups in total. The summed E-state index contributed by atoms with van der Waals surface area (Å²) in [6.45, 7) is 0. The van der Waals surface area contributed by atoms with Gasteiger partial charge < -0.3 is 3.93 Å². The summed E-state index contributed by atoms with van der Waals surface area (Å²) in [5.74, 6) is 0. The molecule has 0 amide bonds. The molecule has 0 radical (unpaired) electrons. The molecular formula is CBr2N2O. The van der Waals surface area contributed by atoms with Crippen LogP contribution in [0.2, 0.25) is 0 Å². The van der Waals surface area contributed by atoms with Crippen LogP contribution in [-0.4, -0.2) is 6.01 Å². The van der Waals surface area contributed by atoms with Gasteiger partial charge in [0.05, 0.1) is 16.1 Å². The normalized spacial score (nSPS) is 5.67. The zero-order chi connectivity index (χ0) is 4.83. The molecule has 3 nitrogen and oxygen atoms in total. The molecule has 0 saturated heterocycles. The monoisotopic (exact) mass is 214 g/mol. The predicted molar refractivity (Wildman–Crippen MR) is 28.8 cm³/mol. The molecule has 0 atom stereocenters. The minimum atomic E-state index is 2.10. The van der Waals surface area contributed by atoms with Gasteiger partial charge in [0.25, 0.3) is 0 Å². The van der Waals surface area contributed by atoms with Gasteiger partial charge in [0.15, 0.2) is 0 Å². The quantitative estimate of drug-likeness (QED) is 0.485. The summed E-state index contributed by atoms with van der Waals surface area (Å²) in [5, 5.41) is 3.04. The highest BCUT2D eigenvalue weighted by atomic mass is 79.9. The van der Waals surface area contributed by atoms with Crippen LogP contribution in [0.25, 0.3) is 0 Å². The van der Waals surface area contributed by atoms with E-state index in [0.29, 0.717) is 0 Å². The minimum absolute atomic E-state index is 2.10. The van der Waals surface area contributed by atoms with Gasteiger partial charge in [0.2, 0.25) is 16.3 Å². The summed E-state index contributed by atoms with van der Waals surface area (Å²) in [4.78, 5) is 0. The average Bonchev–Trinajstić information content (AvgIpc) is 1.61. The first kappa shape index (κ1) is 6.14. The number of rotatable bonds is 1. The largest absolute Gasteiger partial charge is 0.305 e. The van der Waals surface area contributed by atoms with Crippen LogP contribution in [0.4, 0.5) is 0 Å². The molecule has 0 bridgehead atoms. The molecule has 0 heterocycles. The molecule has 0 saturated carbocycles. The third-order valence-electron chi connectivity index (χ3n) is 0.113. The van der Waals surface area contributed by atoms with Crippen LogP contribution in [0.15, 0.2) is 9.17 Å². The molecule has 0 unspecified atom stereocenters. The van der Waals surface area contributed by atoms with Crippen molar-refractivity contribution in [2.45, 2.75) is 0 Å². The van der Waals surface area contributed by atoms with Crippen molar-refractivity contribution in [3.63, 3.8) is 0 Å². The Hall–Kier alpha value is 0.140. The number of halogens is 2. The van der Waals surface area contributed by atoms with Gasteiger partial charge in [0, 0.05) is 0 Å². The molecule has 34 valence electrons. The first-order valence-corrected chi connectivity index (χ1v) is 2.31. The van der Waals surface area contributed by atoms with E-state index in [1.165, 1.54) is 0 Å². The minimum Gasteiger partial charge on any atom is -0.305 e. The molecule has 0 aromatic heterocycles. The van der Waals surface area contributed by atoms with Gasteiger partial charge in [-0.2, -0.15) is 0 Å². The molecule has 0 fully saturated rings. The lowest BCUT2D eigenvalue weighted by Gasteiger charge is -1.65. The lowest BCUT2D eigenvalue weighted by molar-refractivity contribution is 0.435. The van der Waals surface area contributed by atoms with Crippen LogP contribution >= 0.6 is 32.4 Å². The molecule has 5 heteroatoms. The van der Waals surface area contributed by atoms with Gasteiger partial charge in [-0.15, -0.1) is 4.02 Å². The maximum atomic E-state index is 3.98. The third-order valence-corrected chi connectivity index (χ3v) is 0.417. The Morgan fingerprint density at radius 2 is 2.33 bits per heavy atom. The summed E-state index contributed by atoms with van der Waals surface area (Å²) in [7, 11) is 0. The van der Waals surface area contributed by atoms with Crippen LogP contribution in [0.3, 0.4) is 0 Å². The Kier molecular flexibility index (Phi) is 5.26. The van der Waals surface area contributed by atoms with Crippen LogP contribution < -0.4 is 0 Å². The van der Waals surface area contributed by atoms with E-state index >= 15 is 0 Å². The second kappa shape index (κ2) is 5.14. The maximum Gasteiger partial charge on any atom is 0.216 e. The van der Waals surface area contributed by atoms with Crippen LogP contribution in [0, 0.1) is 0 Å². The fraction of sp³-hybridized carbons (Fsp3) is 0. The van der Waals surface area contributed by atoms with Gasteiger partial charge in [-0.1, -0.05) is 0 Å². The van der Waals surface area contributed by atoms with Gasteiger partial charge in [-0.25, -0.2) is 0 Å². The Labute approximate surface area is 51.9 Å². The van der Waals surface area contributed by atoms with E-state index in [0.717, 1.165) is 0 Å². The molecule has 0 spiro atoms. The summed E-state index contributed by atoms with van der Waals surface area (Å²) in [6.07, 6.45) is 0. The smallest absolute Gasteiger partial charge is 0.216 e. The highest BCUT2D eigenvalue weighted by molar-refractivity contribution is 9.08. The van der Waals surface area contributed by atoms with Gasteiger partial charge >= 0.3 is 0 Å². The van der Waals surface area contributed by atoms with E-state index in [9.17, 15) is 0 Å². The van der Waals surface area contributed by atoms with Crippen molar-refractivity contribution in [1.29, 1.82) is 0 Å². The Morgan fingerprint density at radius 1 is 1.67 bits per heavy atom. The van der Waals surface area contributed by atoms with Crippen molar-refractivity contribution in [2.24, 2.45) is 9.17 Å². The summed E-state index contributed by atoms with van der Waals surface area (Å²) >= 11 is 5.21.